The monoisotopic (exact) mass is 890 g/mol. The third kappa shape index (κ3) is 22.9. The minimum absolute atomic E-state index is 0.00973. The number of nitrogens with one attached hydrogen (secondary N) is 4. The van der Waals surface area contributed by atoms with Gasteiger partial charge < -0.3 is 31.7 Å². The fraction of sp³-hybridized carbons (Fsp3) is 0.705. The molecule has 0 unspecified atom stereocenters. The van der Waals surface area contributed by atoms with Crippen molar-refractivity contribution in [2.45, 2.75) is 85.9 Å². The lowest BCUT2D eigenvalue weighted by molar-refractivity contribution is -0.156. The molecule has 2 rings (SSSR count). The number of amides is 4. The number of benzene rings is 1. The van der Waals surface area contributed by atoms with Crippen LogP contribution in [0.15, 0.2) is 24.3 Å². The zero-order chi connectivity index (χ0) is 46.2. The van der Waals surface area contributed by atoms with E-state index in [1.165, 1.54) is 0 Å². The van der Waals surface area contributed by atoms with Gasteiger partial charge in [0.15, 0.2) is 5.78 Å². The summed E-state index contributed by atoms with van der Waals surface area (Å²) in [7, 11) is 0. The van der Waals surface area contributed by atoms with E-state index in [9.17, 15) is 33.6 Å². The summed E-state index contributed by atoms with van der Waals surface area (Å²) in [6, 6.07) is 5.72. The van der Waals surface area contributed by atoms with E-state index in [2.05, 4.69) is 21.3 Å². The second-order valence-electron chi connectivity index (χ2n) is 17.2. The van der Waals surface area contributed by atoms with Crippen LogP contribution in [-0.4, -0.2) is 176 Å². The molecule has 1 fully saturated rings. The number of carbonyl (C=O) groups is 7. The number of esters is 1. The first-order chi connectivity index (χ1) is 29.3. The molecular weight excluding hydrogens is 815 g/mol. The van der Waals surface area contributed by atoms with Crippen LogP contribution in [0.3, 0.4) is 0 Å². The molecule has 17 nitrogen and oxygen atoms in total. The number of Topliss-reactive ketones (excluding diaryl/α,β-unsaturated/α-hetero) is 3. The average molecular weight is 890 g/mol. The van der Waals surface area contributed by atoms with E-state index in [0.29, 0.717) is 83.3 Å². The molecule has 1 aromatic carbocycles. The van der Waals surface area contributed by atoms with Crippen molar-refractivity contribution in [2.24, 2.45) is 17.6 Å². The molecule has 62 heavy (non-hydrogen) atoms. The summed E-state index contributed by atoms with van der Waals surface area (Å²) >= 11 is 1.56. The maximum Gasteiger partial charge on any atom is 0.320 e. The predicted octanol–water partition coefficient (Wildman–Crippen LogP) is 1.98. The molecule has 1 aromatic rings. The second kappa shape index (κ2) is 28.7. The van der Waals surface area contributed by atoms with Crippen molar-refractivity contribution < 1.29 is 38.3 Å². The van der Waals surface area contributed by atoms with Crippen LogP contribution in [0.5, 0.6) is 0 Å². The quantitative estimate of drug-likeness (QED) is 0.0995. The van der Waals surface area contributed by atoms with Crippen LogP contribution in [0, 0.1) is 11.8 Å². The Morgan fingerprint density at radius 2 is 1.31 bits per heavy atom. The fourth-order valence-corrected chi connectivity index (χ4v) is 7.43. The summed E-state index contributed by atoms with van der Waals surface area (Å²) in [6.07, 6.45) is 3.08. The van der Waals surface area contributed by atoms with E-state index in [-0.39, 0.29) is 80.2 Å². The first-order valence-corrected chi connectivity index (χ1v) is 23.2. The summed E-state index contributed by atoms with van der Waals surface area (Å²) < 4.78 is 5.60. The van der Waals surface area contributed by atoms with Gasteiger partial charge >= 0.3 is 12.0 Å². The standard InChI is InChI=1S/C44H75N9O8S/c1-9-32(2)37(42(59)46-16-15-45)26-39(56)38(14-25-62-8)49-43(60)48-36-12-10-35(11-13-36)27-47-40(57)30-52-21-19-50(28-33(3)54)17-18-51(29-34(4)55)20-23-53(24-22-52)31-41(58)61-44(5,6)7/h10-13,32,37-38H,9,14-31,45H2,1-8H3,(H,46,59)(H,47,57)(H2,48,49,60)/t32-,37-,38-/m0/s1. The van der Waals surface area contributed by atoms with E-state index in [0.717, 1.165) is 12.0 Å². The van der Waals surface area contributed by atoms with Gasteiger partial charge in [-0.05, 0) is 76.7 Å². The lowest BCUT2D eigenvalue weighted by Crippen LogP contribution is -2.49. The van der Waals surface area contributed by atoms with E-state index >= 15 is 0 Å². The predicted molar refractivity (Wildman–Crippen MR) is 245 cm³/mol. The number of nitrogens with zero attached hydrogens (tertiary/aromatic N) is 4. The number of hydrogen-bond donors (Lipinski definition) is 5. The molecule has 0 aliphatic carbocycles. The van der Waals surface area contributed by atoms with Gasteiger partial charge in [-0.3, -0.25) is 48.4 Å². The van der Waals surface area contributed by atoms with Gasteiger partial charge in [-0.15, -0.1) is 0 Å². The van der Waals surface area contributed by atoms with Crippen molar-refractivity contribution in [2.75, 3.05) is 109 Å². The molecule has 0 radical (unpaired) electrons. The number of rotatable bonds is 23. The van der Waals surface area contributed by atoms with Crippen molar-refractivity contribution >= 4 is 58.6 Å². The Balaban J connectivity index is 2.08. The molecule has 0 aromatic heterocycles. The van der Waals surface area contributed by atoms with Crippen LogP contribution >= 0.6 is 11.8 Å². The first-order valence-electron chi connectivity index (χ1n) is 21.8. The van der Waals surface area contributed by atoms with Gasteiger partial charge in [-0.1, -0.05) is 32.4 Å². The van der Waals surface area contributed by atoms with Crippen LogP contribution < -0.4 is 27.0 Å². The van der Waals surface area contributed by atoms with E-state index in [1.807, 2.05) is 60.5 Å². The number of anilines is 1. The molecule has 350 valence electrons. The number of thioether (sulfide) groups is 1. The van der Waals surface area contributed by atoms with Crippen LogP contribution in [0.25, 0.3) is 0 Å². The highest BCUT2D eigenvalue weighted by Crippen LogP contribution is 2.22. The Labute approximate surface area is 373 Å². The van der Waals surface area contributed by atoms with E-state index < -0.39 is 23.6 Å². The van der Waals surface area contributed by atoms with Crippen molar-refractivity contribution in [3.8, 4) is 0 Å². The van der Waals surface area contributed by atoms with Gasteiger partial charge in [0.2, 0.25) is 11.8 Å². The highest BCUT2D eigenvalue weighted by Gasteiger charge is 2.31. The lowest BCUT2D eigenvalue weighted by Gasteiger charge is -2.33. The van der Waals surface area contributed by atoms with Crippen molar-refractivity contribution in [1.82, 2.24) is 35.6 Å². The van der Waals surface area contributed by atoms with Gasteiger partial charge in [0, 0.05) is 90.0 Å². The molecule has 3 atom stereocenters. The SMILES string of the molecule is CC[C@H](C)[C@H](CC(=O)[C@H](CCSC)NC(=O)Nc1ccc(CNC(=O)CN2CCN(CC(C)=O)CCN(CC(C)=O)CCN(CC(=O)OC(C)(C)C)CC2)cc1)C(=O)NCCN. The van der Waals surface area contributed by atoms with E-state index in [1.54, 1.807) is 49.9 Å². The Hall–Kier alpha value is -3.94. The minimum Gasteiger partial charge on any atom is -0.459 e. The highest BCUT2D eigenvalue weighted by atomic mass is 32.2. The number of ether oxygens (including phenoxy) is 1. The summed E-state index contributed by atoms with van der Waals surface area (Å²) in [4.78, 5) is 98.0. The molecule has 1 aliphatic heterocycles. The van der Waals surface area contributed by atoms with Crippen LogP contribution in [0.2, 0.25) is 0 Å². The molecule has 0 bridgehead atoms. The van der Waals surface area contributed by atoms with Gasteiger partial charge in [0.25, 0.3) is 0 Å². The minimum atomic E-state index is -0.768. The normalized spacial score (nSPS) is 16.7. The molecule has 1 saturated heterocycles. The number of ketones is 3. The largest absolute Gasteiger partial charge is 0.459 e. The van der Waals surface area contributed by atoms with Crippen LogP contribution in [0.4, 0.5) is 10.5 Å². The van der Waals surface area contributed by atoms with Gasteiger partial charge in [0.1, 0.15) is 17.2 Å². The van der Waals surface area contributed by atoms with Crippen molar-refractivity contribution in [3.63, 3.8) is 0 Å². The number of urea groups is 1. The second-order valence-corrected chi connectivity index (χ2v) is 18.2. The molecule has 18 heteroatoms. The number of nitrogens with two attached hydrogens (primary N) is 1. The van der Waals surface area contributed by atoms with Crippen LogP contribution in [-0.2, 0) is 40.0 Å². The highest BCUT2D eigenvalue weighted by molar-refractivity contribution is 7.98. The Morgan fingerprint density at radius 3 is 1.77 bits per heavy atom. The average Bonchev–Trinajstić information content (AvgIpc) is 3.19. The third-order valence-electron chi connectivity index (χ3n) is 10.5. The molecular formula is C44H75N9O8S. The zero-order valence-electron chi connectivity index (χ0n) is 38.5. The molecule has 0 spiro atoms. The summed E-state index contributed by atoms with van der Waals surface area (Å²) in [5.74, 6) is -0.798. The summed E-state index contributed by atoms with van der Waals surface area (Å²) in [6.45, 7) is 18.2. The van der Waals surface area contributed by atoms with Gasteiger partial charge in [0.05, 0.1) is 32.2 Å². The molecule has 1 heterocycles. The molecule has 6 N–H and O–H groups in total. The molecule has 1 aliphatic rings. The van der Waals surface area contributed by atoms with Crippen molar-refractivity contribution in [1.29, 1.82) is 0 Å². The first kappa shape index (κ1) is 54.2. The lowest BCUT2D eigenvalue weighted by atomic mass is 9.85. The van der Waals surface area contributed by atoms with Gasteiger partial charge in [-0.2, -0.15) is 11.8 Å². The topological polar surface area (TPSA) is 216 Å². The fourth-order valence-electron chi connectivity index (χ4n) is 6.96. The Bertz CT molecular complexity index is 1590. The summed E-state index contributed by atoms with van der Waals surface area (Å²) in [5, 5.41) is 11.4. The maximum atomic E-state index is 13.5. The van der Waals surface area contributed by atoms with Crippen molar-refractivity contribution in [3.05, 3.63) is 29.8 Å². The molecule has 4 amide bonds. The smallest absolute Gasteiger partial charge is 0.320 e. The number of hydrogen-bond acceptors (Lipinski definition) is 14. The number of carbonyl (C=O) groups excluding carboxylic acids is 7. The Kier molecular flexibility index (Phi) is 25.1. The van der Waals surface area contributed by atoms with Gasteiger partial charge in [-0.25, -0.2) is 4.79 Å². The third-order valence-corrected chi connectivity index (χ3v) is 11.1. The Morgan fingerprint density at radius 1 is 0.790 bits per heavy atom. The maximum absolute atomic E-state index is 13.5. The molecule has 0 saturated carbocycles. The summed E-state index contributed by atoms with van der Waals surface area (Å²) in [5.41, 5.74) is 6.24. The van der Waals surface area contributed by atoms with E-state index in [4.69, 9.17) is 10.5 Å². The zero-order valence-corrected chi connectivity index (χ0v) is 39.3. The van der Waals surface area contributed by atoms with Crippen LogP contribution in [0.1, 0.15) is 73.3 Å².